The van der Waals surface area contributed by atoms with Crippen molar-refractivity contribution in [2.75, 3.05) is 13.1 Å². The van der Waals surface area contributed by atoms with Gasteiger partial charge in [0.15, 0.2) is 5.43 Å². The normalized spacial score (nSPS) is 17.4. The summed E-state index contributed by atoms with van der Waals surface area (Å²) in [6, 6.07) is 7.36. The number of hydrogen-bond acceptors (Lipinski definition) is 3. The number of rotatable bonds is 1. The summed E-state index contributed by atoms with van der Waals surface area (Å²) in [5.74, 6) is 0.505. The van der Waals surface area contributed by atoms with Crippen molar-refractivity contribution in [1.82, 2.24) is 5.32 Å². The fourth-order valence-corrected chi connectivity index (χ4v) is 2.59. The SMILES string of the molecule is O=c1ccoc2c(C3CCNCC3)cccc12. The van der Waals surface area contributed by atoms with Crippen molar-refractivity contribution in [3.63, 3.8) is 0 Å². The van der Waals surface area contributed by atoms with Crippen LogP contribution in [0.3, 0.4) is 0 Å². The second-order valence-corrected chi connectivity index (χ2v) is 4.53. The highest BCUT2D eigenvalue weighted by Crippen LogP contribution is 2.30. The second kappa shape index (κ2) is 4.34. The molecule has 0 saturated carbocycles. The minimum atomic E-state index is 0.0436. The molecule has 1 saturated heterocycles. The van der Waals surface area contributed by atoms with Crippen LogP contribution in [0, 0.1) is 0 Å². The summed E-state index contributed by atoms with van der Waals surface area (Å²) in [7, 11) is 0. The van der Waals surface area contributed by atoms with Crippen molar-refractivity contribution in [3.05, 3.63) is 46.3 Å². The number of benzene rings is 1. The Morgan fingerprint density at radius 3 is 2.82 bits per heavy atom. The first kappa shape index (κ1) is 10.5. The van der Waals surface area contributed by atoms with E-state index in [1.54, 1.807) is 0 Å². The number of piperidine rings is 1. The van der Waals surface area contributed by atoms with E-state index < -0.39 is 0 Å². The third kappa shape index (κ3) is 1.87. The molecule has 1 aromatic heterocycles. The number of hydrogen-bond donors (Lipinski definition) is 1. The third-order valence-electron chi connectivity index (χ3n) is 3.50. The number of para-hydroxylation sites is 1. The molecule has 0 radical (unpaired) electrons. The van der Waals surface area contributed by atoms with Crippen LogP contribution in [-0.2, 0) is 0 Å². The Labute approximate surface area is 99.4 Å². The van der Waals surface area contributed by atoms with E-state index in [2.05, 4.69) is 11.4 Å². The summed E-state index contributed by atoms with van der Waals surface area (Å²) < 4.78 is 5.56. The molecule has 0 unspecified atom stereocenters. The van der Waals surface area contributed by atoms with Gasteiger partial charge in [-0.1, -0.05) is 12.1 Å². The van der Waals surface area contributed by atoms with Crippen molar-refractivity contribution in [2.24, 2.45) is 0 Å². The van der Waals surface area contributed by atoms with E-state index in [9.17, 15) is 4.79 Å². The molecule has 0 bridgehead atoms. The molecule has 3 rings (SSSR count). The molecule has 0 amide bonds. The Bertz CT molecular complexity index is 582. The zero-order valence-electron chi connectivity index (χ0n) is 9.61. The van der Waals surface area contributed by atoms with Gasteiger partial charge in [-0.2, -0.15) is 0 Å². The average molecular weight is 229 g/mol. The van der Waals surface area contributed by atoms with Gasteiger partial charge in [-0.05, 0) is 43.5 Å². The van der Waals surface area contributed by atoms with Gasteiger partial charge >= 0.3 is 0 Å². The molecule has 2 aromatic rings. The van der Waals surface area contributed by atoms with Crippen LogP contribution in [0.2, 0.25) is 0 Å². The zero-order valence-corrected chi connectivity index (χ0v) is 9.61. The van der Waals surface area contributed by atoms with Gasteiger partial charge in [0.05, 0.1) is 11.6 Å². The molecule has 1 N–H and O–H groups in total. The molecule has 3 heteroatoms. The highest BCUT2D eigenvalue weighted by Gasteiger charge is 2.18. The van der Waals surface area contributed by atoms with Crippen LogP contribution < -0.4 is 10.7 Å². The predicted molar refractivity (Wildman–Crippen MR) is 67.3 cm³/mol. The Morgan fingerprint density at radius 1 is 1.18 bits per heavy atom. The van der Waals surface area contributed by atoms with Crippen LogP contribution in [0.1, 0.15) is 24.3 Å². The molecule has 1 aromatic carbocycles. The first-order valence-electron chi connectivity index (χ1n) is 6.07. The van der Waals surface area contributed by atoms with E-state index in [1.165, 1.54) is 17.9 Å². The molecule has 17 heavy (non-hydrogen) atoms. The van der Waals surface area contributed by atoms with E-state index >= 15 is 0 Å². The van der Waals surface area contributed by atoms with Crippen LogP contribution in [-0.4, -0.2) is 13.1 Å². The van der Waals surface area contributed by atoms with Crippen LogP contribution in [0.5, 0.6) is 0 Å². The van der Waals surface area contributed by atoms with Gasteiger partial charge in [0, 0.05) is 6.07 Å². The summed E-state index contributed by atoms with van der Waals surface area (Å²) in [5, 5.41) is 4.05. The molecular weight excluding hydrogens is 214 g/mol. The quantitative estimate of drug-likeness (QED) is 0.815. The minimum Gasteiger partial charge on any atom is -0.464 e. The molecule has 3 nitrogen and oxygen atoms in total. The number of nitrogens with one attached hydrogen (secondary N) is 1. The highest BCUT2D eigenvalue weighted by atomic mass is 16.3. The largest absolute Gasteiger partial charge is 0.464 e. The first-order valence-corrected chi connectivity index (χ1v) is 6.07. The highest BCUT2D eigenvalue weighted by molar-refractivity contribution is 5.80. The Balaban J connectivity index is 2.15. The Hall–Kier alpha value is -1.61. The van der Waals surface area contributed by atoms with Gasteiger partial charge in [-0.25, -0.2) is 0 Å². The molecule has 0 spiro atoms. The average Bonchev–Trinajstić information content (AvgIpc) is 2.40. The van der Waals surface area contributed by atoms with Crippen LogP contribution in [0.15, 0.2) is 39.7 Å². The minimum absolute atomic E-state index is 0.0436. The smallest absolute Gasteiger partial charge is 0.192 e. The van der Waals surface area contributed by atoms with Crippen LogP contribution >= 0.6 is 0 Å². The lowest BCUT2D eigenvalue weighted by atomic mass is 9.89. The molecule has 0 aliphatic carbocycles. The summed E-state index contributed by atoms with van der Waals surface area (Å²) in [4.78, 5) is 11.7. The van der Waals surface area contributed by atoms with E-state index in [4.69, 9.17) is 4.42 Å². The second-order valence-electron chi connectivity index (χ2n) is 4.53. The molecular formula is C14H15NO2. The lowest BCUT2D eigenvalue weighted by molar-refractivity contribution is 0.457. The maximum atomic E-state index is 11.7. The molecule has 0 atom stereocenters. The summed E-state index contributed by atoms with van der Waals surface area (Å²) in [6.07, 6.45) is 3.71. The molecule has 2 heterocycles. The van der Waals surface area contributed by atoms with Gasteiger partial charge in [0.2, 0.25) is 0 Å². The van der Waals surface area contributed by atoms with Crippen molar-refractivity contribution in [1.29, 1.82) is 0 Å². The summed E-state index contributed by atoms with van der Waals surface area (Å²) in [6.45, 7) is 2.08. The fourth-order valence-electron chi connectivity index (χ4n) is 2.59. The lowest BCUT2D eigenvalue weighted by Crippen LogP contribution is -2.26. The molecule has 1 aliphatic heterocycles. The van der Waals surface area contributed by atoms with Gasteiger partial charge < -0.3 is 9.73 Å². The molecule has 88 valence electrons. The summed E-state index contributed by atoms with van der Waals surface area (Å²) >= 11 is 0. The van der Waals surface area contributed by atoms with E-state index in [0.717, 1.165) is 31.5 Å². The zero-order chi connectivity index (χ0) is 11.7. The van der Waals surface area contributed by atoms with E-state index in [1.807, 2.05) is 12.1 Å². The van der Waals surface area contributed by atoms with Crippen molar-refractivity contribution < 1.29 is 4.42 Å². The van der Waals surface area contributed by atoms with Gasteiger partial charge in [0.1, 0.15) is 5.58 Å². The maximum absolute atomic E-state index is 11.7. The van der Waals surface area contributed by atoms with Crippen LogP contribution in [0.25, 0.3) is 11.0 Å². The predicted octanol–water partition coefficient (Wildman–Crippen LogP) is 2.26. The van der Waals surface area contributed by atoms with E-state index in [0.29, 0.717) is 11.3 Å². The first-order chi connectivity index (χ1) is 8.36. The standard InChI is InChI=1S/C14H15NO2/c16-13-6-9-17-14-11(2-1-3-12(13)14)10-4-7-15-8-5-10/h1-3,6,9-10,15H,4-5,7-8H2. The van der Waals surface area contributed by atoms with Crippen LogP contribution in [0.4, 0.5) is 0 Å². The molecule has 1 fully saturated rings. The topological polar surface area (TPSA) is 42.2 Å². The Morgan fingerprint density at radius 2 is 2.00 bits per heavy atom. The van der Waals surface area contributed by atoms with Crippen molar-refractivity contribution >= 4 is 11.0 Å². The number of fused-ring (bicyclic) bond motifs is 1. The van der Waals surface area contributed by atoms with Gasteiger partial charge in [-0.15, -0.1) is 0 Å². The van der Waals surface area contributed by atoms with Crippen molar-refractivity contribution in [3.8, 4) is 0 Å². The molecule has 1 aliphatic rings. The summed E-state index contributed by atoms with van der Waals surface area (Å²) in [5.41, 5.74) is 2.00. The maximum Gasteiger partial charge on any atom is 0.192 e. The Kier molecular flexibility index (Phi) is 2.69. The monoisotopic (exact) mass is 229 g/mol. The van der Waals surface area contributed by atoms with Gasteiger partial charge in [-0.3, -0.25) is 4.79 Å². The van der Waals surface area contributed by atoms with Gasteiger partial charge in [0.25, 0.3) is 0 Å². The lowest BCUT2D eigenvalue weighted by Gasteiger charge is -2.23. The van der Waals surface area contributed by atoms with E-state index in [-0.39, 0.29) is 5.43 Å². The third-order valence-corrected chi connectivity index (χ3v) is 3.50. The van der Waals surface area contributed by atoms with Crippen molar-refractivity contribution in [2.45, 2.75) is 18.8 Å². The fraction of sp³-hybridized carbons (Fsp3) is 0.357.